The predicted molar refractivity (Wildman–Crippen MR) is 42.9 cm³/mol. The first-order valence-corrected chi connectivity index (χ1v) is 3.67. The maximum atomic E-state index is 12.9. The molecule has 0 bridgehead atoms. The Hall–Kier alpha value is -1.85. The molecule has 0 saturated carbocycles. The molecule has 0 aromatic heterocycles. The number of aliphatic carboxylic acids is 1. The van der Waals surface area contributed by atoms with Crippen molar-refractivity contribution in [3.63, 3.8) is 0 Å². The lowest BCUT2D eigenvalue weighted by Crippen LogP contribution is -1.98. The summed E-state index contributed by atoms with van der Waals surface area (Å²) in [5, 5.41) is 8.18. The van der Waals surface area contributed by atoms with Gasteiger partial charge in [0.1, 0.15) is 0 Å². The van der Waals surface area contributed by atoms with Gasteiger partial charge in [-0.1, -0.05) is 0 Å². The van der Waals surface area contributed by atoms with Gasteiger partial charge < -0.3 is 5.11 Å². The zero-order valence-corrected chi connectivity index (χ0v) is 7.10. The van der Waals surface area contributed by atoms with Crippen molar-refractivity contribution in [2.45, 2.75) is 0 Å². The first-order valence-electron chi connectivity index (χ1n) is 3.67. The van der Waals surface area contributed by atoms with Gasteiger partial charge in [0, 0.05) is 12.1 Å². The number of rotatable bonds is 2. The average molecular weight is 220 g/mol. The van der Waals surface area contributed by atoms with E-state index in [1.807, 2.05) is 0 Å². The van der Waals surface area contributed by atoms with Gasteiger partial charge in [0.2, 0.25) is 0 Å². The maximum Gasteiger partial charge on any atom is 0.328 e. The van der Waals surface area contributed by atoms with E-state index in [0.717, 1.165) is 0 Å². The third-order valence-corrected chi connectivity index (χ3v) is 1.54. The molecule has 0 unspecified atom stereocenters. The van der Waals surface area contributed by atoms with Crippen LogP contribution in [0.5, 0.6) is 0 Å². The van der Waals surface area contributed by atoms with E-state index in [0.29, 0.717) is 12.2 Å². The molecule has 0 radical (unpaired) electrons. The molecule has 0 atom stereocenters. The normalized spacial score (nSPS) is 10.9. The van der Waals surface area contributed by atoms with E-state index < -0.39 is 34.8 Å². The monoisotopic (exact) mass is 220 g/mol. The number of hydrogen-bond acceptors (Lipinski definition) is 1. The summed E-state index contributed by atoms with van der Waals surface area (Å²) in [4.78, 5) is 10.0. The summed E-state index contributed by atoms with van der Waals surface area (Å²) in [7, 11) is 0. The van der Waals surface area contributed by atoms with Gasteiger partial charge in [-0.15, -0.1) is 0 Å². The summed E-state index contributed by atoms with van der Waals surface area (Å²) in [6.07, 6.45) is 0.819. The zero-order valence-electron chi connectivity index (χ0n) is 7.10. The molecule has 80 valence electrons. The minimum absolute atomic E-state index is 0.0444. The van der Waals surface area contributed by atoms with Crippen LogP contribution in [0, 0.1) is 23.3 Å². The predicted octanol–water partition coefficient (Wildman–Crippen LogP) is 2.34. The number of carboxylic acid groups (broad SMARTS) is 1. The highest BCUT2D eigenvalue weighted by molar-refractivity contribution is 5.85. The van der Waals surface area contributed by atoms with Gasteiger partial charge in [-0.05, 0) is 6.08 Å². The quantitative estimate of drug-likeness (QED) is 0.471. The van der Waals surface area contributed by atoms with Gasteiger partial charge in [0.25, 0.3) is 0 Å². The summed E-state index contributed by atoms with van der Waals surface area (Å²) in [6, 6.07) is 0.0444. The highest BCUT2D eigenvalue weighted by atomic mass is 19.2. The lowest BCUT2D eigenvalue weighted by Gasteiger charge is -2.01. The molecule has 0 heterocycles. The van der Waals surface area contributed by atoms with Gasteiger partial charge in [0.15, 0.2) is 23.3 Å². The molecular formula is C9H4F4O2. The van der Waals surface area contributed by atoms with Crippen LogP contribution in [-0.2, 0) is 4.79 Å². The van der Waals surface area contributed by atoms with Crippen LogP contribution in [0.2, 0.25) is 0 Å². The molecule has 0 aliphatic heterocycles. The number of hydrogen-bond donors (Lipinski definition) is 1. The first kappa shape index (κ1) is 11.2. The molecule has 1 aromatic carbocycles. The Morgan fingerprint density at radius 2 is 1.60 bits per heavy atom. The Bertz CT molecular complexity index is 414. The summed E-state index contributed by atoms with van der Waals surface area (Å²) in [6.45, 7) is 0. The second kappa shape index (κ2) is 4.12. The molecule has 6 heteroatoms. The largest absolute Gasteiger partial charge is 0.478 e. The van der Waals surface area contributed by atoms with Crippen LogP contribution in [0.4, 0.5) is 17.6 Å². The summed E-state index contributed by atoms with van der Waals surface area (Å²) in [5.41, 5.74) is -1.06. The Morgan fingerprint density at radius 1 is 1.13 bits per heavy atom. The van der Waals surface area contributed by atoms with Crippen LogP contribution in [0.1, 0.15) is 5.56 Å². The number of carbonyl (C=O) groups is 1. The van der Waals surface area contributed by atoms with Crippen molar-refractivity contribution >= 4 is 12.0 Å². The molecule has 0 spiro atoms. The minimum Gasteiger partial charge on any atom is -0.478 e. The van der Waals surface area contributed by atoms with E-state index >= 15 is 0 Å². The molecule has 0 amide bonds. The second-order valence-electron chi connectivity index (χ2n) is 2.55. The molecule has 2 nitrogen and oxygen atoms in total. The lowest BCUT2D eigenvalue weighted by molar-refractivity contribution is -0.131. The molecule has 0 saturated heterocycles. The van der Waals surface area contributed by atoms with E-state index in [1.54, 1.807) is 0 Å². The van der Waals surface area contributed by atoms with Crippen molar-refractivity contribution in [3.05, 3.63) is 41.0 Å². The van der Waals surface area contributed by atoms with Crippen molar-refractivity contribution in [1.82, 2.24) is 0 Å². The zero-order chi connectivity index (χ0) is 11.6. The Labute approximate surface area is 81.5 Å². The minimum atomic E-state index is -1.63. The third kappa shape index (κ3) is 2.34. The van der Waals surface area contributed by atoms with Crippen LogP contribution in [-0.4, -0.2) is 11.1 Å². The first-order chi connectivity index (χ1) is 6.93. The SMILES string of the molecule is O=C(O)C=Cc1c(F)c(F)cc(F)c1F. The van der Waals surface area contributed by atoms with Crippen molar-refractivity contribution in [1.29, 1.82) is 0 Å². The molecule has 0 aliphatic carbocycles. The highest BCUT2D eigenvalue weighted by Gasteiger charge is 2.16. The molecule has 15 heavy (non-hydrogen) atoms. The summed E-state index contributed by atoms with van der Waals surface area (Å²) >= 11 is 0. The summed E-state index contributed by atoms with van der Waals surface area (Å²) < 4.78 is 50.9. The Balaban J connectivity index is 3.33. The van der Waals surface area contributed by atoms with Gasteiger partial charge in [0.05, 0.1) is 5.56 Å². The average Bonchev–Trinajstić information content (AvgIpc) is 2.14. The van der Waals surface area contributed by atoms with Crippen LogP contribution in [0.15, 0.2) is 12.1 Å². The number of halogens is 4. The lowest BCUT2D eigenvalue weighted by atomic mass is 10.1. The van der Waals surface area contributed by atoms with Crippen molar-refractivity contribution in [3.8, 4) is 0 Å². The molecule has 0 fully saturated rings. The van der Waals surface area contributed by atoms with Gasteiger partial charge in [-0.2, -0.15) is 0 Å². The van der Waals surface area contributed by atoms with Gasteiger partial charge >= 0.3 is 5.97 Å². The van der Waals surface area contributed by atoms with Crippen LogP contribution in [0.3, 0.4) is 0 Å². The van der Waals surface area contributed by atoms with E-state index in [9.17, 15) is 22.4 Å². The van der Waals surface area contributed by atoms with Gasteiger partial charge in [-0.3, -0.25) is 0 Å². The Morgan fingerprint density at radius 3 is 2.00 bits per heavy atom. The van der Waals surface area contributed by atoms with Crippen molar-refractivity contribution < 1.29 is 27.5 Å². The molecule has 1 N–H and O–H groups in total. The van der Waals surface area contributed by atoms with E-state index in [1.165, 1.54) is 0 Å². The van der Waals surface area contributed by atoms with E-state index in [-0.39, 0.29) is 6.07 Å². The fraction of sp³-hybridized carbons (Fsp3) is 0. The Kier molecular flexibility index (Phi) is 3.08. The fourth-order valence-corrected chi connectivity index (χ4v) is 0.893. The number of benzene rings is 1. The van der Waals surface area contributed by atoms with E-state index in [2.05, 4.69) is 0 Å². The van der Waals surface area contributed by atoms with E-state index in [4.69, 9.17) is 5.11 Å². The second-order valence-corrected chi connectivity index (χ2v) is 2.55. The maximum absolute atomic E-state index is 12.9. The van der Waals surface area contributed by atoms with Crippen LogP contribution < -0.4 is 0 Å². The van der Waals surface area contributed by atoms with Crippen molar-refractivity contribution in [2.24, 2.45) is 0 Å². The fourth-order valence-electron chi connectivity index (χ4n) is 0.893. The smallest absolute Gasteiger partial charge is 0.328 e. The molecule has 1 rings (SSSR count). The summed E-state index contributed by atoms with van der Waals surface area (Å²) in [5.74, 6) is -7.92. The van der Waals surface area contributed by atoms with Crippen molar-refractivity contribution in [2.75, 3.05) is 0 Å². The van der Waals surface area contributed by atoms with Gasteiger partial charge in [-0.25, -0.2) is 22.4 Å². The van der Waals surface area contributed by atoms with Crippen LogP contribution in [0.25, 0.3) is 6.08 Å². The topological polar surface area (TPSA) is 37.3 Å². The standard InChI is InChI=1S/C9H4F4O2/c10-5-3-6(11)9(13)4(8(5)12)1-2-7(14)15/h1-3H,(H,14,15). The highest BCUT2D eigenvalue weighted by Crippen LogP contribution is 2.20. The molecule has 0 aliphatic rings. The third-order valence-electron chi connectivity index (χ3n) is 1.54. The molecular weight excluding hydrogens is 216 g/mol. The van der Waals surface area contributed by atoms with Crippen LogP contribution >= 0.6 is 0 Å². The molecule has 1 aromatic rings. The number of carboxylic acids is 1.